The molecule has 1 aromatic heterocycles. The molecule has 0 atom stereocenters. The number of nitro groups is 2. The molecule has 0 saturated heterocycles. The fourth-order valence-corrected chi connectivity index (χ4v) is 2.10. The molecule has 1 heterocycles. The van der Waals surface area contributed by atoms with E-state index < -0.39 is 9.85 Å². The van der Waals surface area contributed by atoms with Gasteiger partial charge in [0.05, 0.1) is 14.3 Å². The van der Waals surface area contributed by atoms with Crippen LogP contribution in [-0.4, -0.2) is 14.8 Å². The molecule has 9 heteroatoms. The molecular formula is C12H9BrN4O4. The van der Waals surface area contributed by atoms with Gasteiger partial charge in [0, 0.05) is 24.7 Å². The molecule has 0 saturated carbocycles. The van der Waals surface area contributed by atoms with Crippen LogP contribution in [0, 0.1) is 20.2 Å². The van der Waals surface area contributed by atoms with Crippen molar-refractivity contribution in [2.24, 2.45) is 0 Å². The second-order valence-corrected chi connectivity index (χ2v) is 4.92. The van der Waals surface area contributed by atoms with E-state index in [1.165, 1.54) is 18.2 Å². The number of hydrogen-bond donors (Lipinski definition) is 1. The molecule has 0 aliphatic rings. The third kappa shape index (κ3) is 3.72. The van der Waals surface area contributed by atoms with Crippen LogP contribution in [0.15, 0.2) is 41.0 Å². The Morgan fingerprint density at radius 2 is 1.86 bits per heavy atom. The summed E-state index contributed by atoms with van der Waals surface area (Å²) in [7, 11) is 0. The summed E-state index contributed by atoms with van der Waals surface area (Å²) in [6.07, 6.45) is 1.14. The van der Waals surface area contributed by atoms with Gasteiger partial charge in [0.25, 0.3) is 11.4 Å². The van der Waals surface area contributed by atoms with Gasteiger partial charge in [-0.2, -0.15) is 0 Å². The molecular weight excluding hydrogens is 344 g/mol. The fraction of sp³-hybridized carbons (Fsp3) is 0.0833. The summed E-state index contributed by atoms with van der Waals surface area (Å²) in [6.45, 7) is 0.311. The number of nitrogens with one attached hydrogen (secondary N) is 1. The van der Waals surface area contributed by atoms with E-state index in [1.54, 1.807) is 12.1 Å². The van der Waals surface area contributed by atoms with E-state index in [0.29, 0.717) is 22.4 Å². The van der Waals surface area contributed by atoms with Crippen molar-refractivity contribution >= 4 is 33.1 Å². The van der Waals surface area contributed by atoms with E-state index in [0.717, 1.165) is 6.20 Å². The molecule has 8 nitrogen and oxygen atoms in total. The zero-order valence-corrected chi connectivity index (χ0v) is 12.1. The lowest BCUT2D eigenvalue weighted by molar-refractivity contribution is -0.385. The molecule has 0 radical (unpaired) electrons. The fourth-order valence-electron chi connectivity index (χ4n) is 1.62. The first-order valence-electron chi connectivity index (χ1n) is 5.74. The third-order valence-corrected chi connectivity index (χ3v) is 3.22. The van der Waals surface area contributed by atoms with Crippen molar-refractivity contribution in [3.63, 3.8) is 0 Å². The molecule has 0 fully saturated rings. The predicted octanol–water partition coefficient (Wildman–Crippen LogP) is 3.27. The Morgan fingerprint density at radius 3 is 2.48 bits per heavy atom. The highest BCUT2D eigenvalue weighted by molar-refractivity contribution is 9.10. The van der Waals surface area contributed by atoms with E-state index in [2.05, 4.69) is 26.2 Å². The molecule has 1 aromatic carbocycles. The number of pyridine rings is 1. The summed E-state index contributed by atoms with van der Waals surface area (Å²) in [5, 5.41) is 24.2. The van der Waals surface area contributed by atoms with Crippen molar-refractivity contribution in [3.8, 4) is 0 Å². The number of benzene rings is 1. The maximum Gasteiger partial charge on any atom is 0.288 e. The Labute approximate surface area is 127 Å². The highest BCUT2D eigenvalue weighted by atomic mass is 79.9. The smallest absolute Gasteiger partial charge is 0.288 e. The largest absolute Gasteiger partial charge is 0.365 e. The van der Waals surface area contributed by atoms with Crippen LogP contribution >= 0.6 is 15.9 Å². The Balaban J connectivity index is 2.11. The average Bonchev–Trinajstić information content (AvgIpc) is 2.46. The molecule has 21 heavy (non-hydrogen) atoms. The summed E-state index contributed by atoms with van der Waals surface area (Å²) in [4.78, 5) is 24.2. The Bertz CT molecular complexity index is 707. The zero-order valence-electron chi connectivity index (χ0n) is 10.5. The summed E-state index contributed by atoms with van der Waals surface area (Å²) in [5.41, 5.74) is 0.587. The zero-order chi connectivity index (χ0) is 15.4. The lowest BCUT2D eigenvalue weighted by Crippen LogP contribution is -2.03. The minimum absolute atomic E-state index is 0.00465. The van der Waals surface area contributed by atoms with Crippen LogP contribution in [0.1, 0.15) is 5.56 Å². The second-order valence-electron chi connectivity index (χ2n) is 4.06. The second kappa shape index (κ2) is 6.27. The monoisotopic (exact) mass is 352 g/mol. The molecule has 0 aliphatic heterocycles. The van der Waals surface area contributed by atoms with Crippen LogP contribution < -0.4 is 5.32 Å². The first-order chi connectivity index (χ1) is 9.97. The van der Waals surface area contributed by atoms with Gasteiger partial charge in [0.1, 0.15) is 12.0 Å². The molecule has 0 aliphatic carbocycles. The van der Waals surface area contributed by atoms with Crippen molar-refractivity contribution in [1.29, 1.82) is 0 Å². The summed E-state index contributed by atoms with van der Waals surface area (Å²) in [6, 6.07) is 7.52. The highest BCUT2D eigenvalue weighted by Gasteiger charge is 2.11. The van der Waals surface area contributed by atoms with Crippen molar-refractivity contribution < 1.29 is 9.85 Å². The van der Waals surface area contributed by atoms with Crippen LogP contribution in [0.25, 0.3) is 0 Å². The lowest BCUT2D eigenvalue weighted by Gasteiger charge is -2.07. The average molecular weight is 353 g/mol. The van der Waals surface area contributed by atoms with E-state index >= 15 is 0 Å². The van der Waals surface area contributed by atoms with Crippen LogP contribution in [0.3, 0.4) is 0 Å². The minimum atomic E-state index is -0.540. The van der Waals surface area contributed by atoms with Gasteiger partial charge >= 0.3 is 0 Å². The van der Waals surface area contributed by atoms with Crippen LogP contribution in [0.2, 0.25) is 0 Å². The molecule has 2 aromatic rings. The molecule has 0 bridgehead atoms. The van der Waals surface area contributed by atoms with Crippen molar-refractivity contribution in [1.82, 2.24) is 4.98 Å². The summed E-state index contributed by atoms with van der Waals surface area (Å²) in [5.74, 6) is 0.423. The molecule has 108 valence electrons. The van der Waals surface area contributed by atoms with E-state index in [1.807, 2.05) is 0 Å². The van der Waals surface area contributed by atoms with Crippen molar-refractivity contribution in [3.05, 3.63) is 66.8 Å². The van der Waals surface area contributed by atoms with E-state index in [-0.39, 0.29) is 11.4 Å². The number of halogens is 1. The van der Waals surface area contributed by atoms with Crippen molar-refractivity contribution in [2.75, 3.05) is 5.32 Å². The number of hydrogen-bond acceptors (Lipinski definition) is 6. The van der Waals surface area contributed by atoms with Gasteiger partial charge in [0.15, 0.2) is 0 Å². The maximum absolute atomic E-state index is 10.7. The van der Waals surface area contributed by atoms with Gasteiger partial charge in [-0.05, 0) is 21.5 Å². The molecule has 0 unspecified atom stereocenters. The SMILES string of the molecule is O=[N+]([O-])c1cccc(CNc2ncc([N+](=O)[O-])cc2Br)c1. The van der Waals surface area contributed by atoms with E-state index in [4.69, 9.17) is 0 Å². The number of rotatable bonds is 5. The standard InChI is InChI=1S/C12H9BrN4O4/c13-11-5-10(17(20)21)7-15-12(11)14-6-8-2-1-3-9(4-8)16(18)19/h1-5,7H,6H2,(H,14,15). The van der Waals surface area contributed by atoms with Gasteiger partial charge in [-0.15, -0.1) is 0 Å². The number of anilines is 1. The number of aromatic nitrogens is 1. The normalized spacial score (nSPS) is 10.1. The first-order valence-corrected chi connectivity index (χ1v) is 6.54. The maximum atomic E-state index is 10.7. The first kappa shape index (κ1) is 14.9. The van der Waals surface area contributed by atoms with Crippen LogP contribution in [-0.2, 0) is 6.54 Å². The Kier molecular flexibility index (Phi) is 4.43. The van der Waals surface area contributed by atoms with Gasteiger partial charge in [-0.3, -0.25) is 20.2 Å². The topological polar surface area (TPSA) is 111 Å². The van der Waals surface area contributed by atoms with Gasteiger partial charge < -0.3 is 5.32 Å². The minimum Gasteiger partial charge on any atom is -0.365 e. The number of nitrogens with zero attached hydrogens (tertiary/aromatic N) is 3. The molecule has 0 amide bonds. The molecule has 1 N–H and O–H groups in total. The summed E-state index contributed by atoms with van der Waals surface area (Å²) < 4.78 is 0.446. The predicted molar refractivity (Wildman–Crippen MR) is 79.0 cm³/mol. The van der Waals surface area contributed by atoms with Gasteiger partial charge in [0.2, 0.25) is 0 Å². The third-order valence-electron chi connectivity index (χ3n) is 2.62. The van der Waals surface area contributed by atoms with Crippen molar-refractivity contribution in [2.45, 2.75) is 6.54 Å². The van der Waals surface area contributed by atoms with E-state index in [9.17, 15) is 20.2 Å². The van der Waals surface area contributed by atoms with Crippen LogP contribution in [0.4, 0.5) is 17.2 Å². The van der Waals surface area contributed by atoms with Gasteiger partial charge in [-0.25, -0.2) is 4.98 Å². The number of nitro benzene ring substituents is 1. The summed E-state index contributed by atoms with van der Waals surface area (Å²) >= 11 is 3.19. The lowest BCUT2D eigenvalue weighted by atomic mass is 10.2. The molecule has 2 rings (SSSR count). The van der Waals surface area contributed by atoms with Gasteiger partial charge in [-0.1, -0.05) is 12.1 Å². The quantitative estimate of drug-likeness (QED) is 0.652. The Hall–Kier alpha value is -2.55. The highest BCUT2D eigenvalue weighted by Crippen LogP contribution is 2.25. The Morgan fingerprint density at radius 1 is 1.14 bits per heavy atom. The number of non-ortho nitro benzene ring substituents is 1. The van der Waals surface area contributed by atoms with Crippen LogP contribution in [0.5, 0.6) is 0 Å². The molecule has 0 spiro atoms.